The van der Waals surface area contributed by atoms with Crippen molar-refractivity contribution in [2.24, 2.45) is 0 Å². The number of hydrogen-bond acceptors (Lipinski definition) is 6. The summed E-state index contributed by atoms with van der Waals surface area (Å²) >= 11 is 1.84. The number of piperidine rings is 1. The molecule has 0 N–H and O–H groups in total. The molecule has 1 saturated heterocycles. The average Bonchev–Trinajstić information content (AvgIpc) is 3.18. The number of aryl methyl sites for hydroxylation is 1. The molecule has 0 bridgehead atoms. The zero-order valence-corrected chi connectivity index (χ0v) is 13.0. The smallest absolute Gasteiger partial charge is 0.266 e. The quantitative estimate of drug-likeness (QED) is 0.854. The van der Waals surface area contributed by atoms with Gasteiger partial charge in [-0.3, -0.25) is 0 Å². The zero-order chi connectivity index (χ0) is 14.3. The van der Waals surface area contributed by atoms with Crippen LogP contribution in [0.1, 0.15) is 36.1 Å². The molecule has 0 aromatic carbocycles. The Morgan fingerprint density at radius 2 is 2.24 bits per heavy atom. The molecule has 2 aliphatic heterocycles. The molecule has 2 aliphatic rings. The second-order valence-electron chi connectivity index (χ2n) is 5.70. The first kappa shape index (κ1) is 13.3. The number of nitrogens with zero attached hydrogens (tertiary/aromatic N) is 3. The minimum Gasteiger partial charge on any atom is -0.369 e. The van der Waals surface area contributed by atoms with Gasteiger partial charge in [-0.25, -0.2) is 0 Å². The molecule has 21 heavy (non-hydrogen) atoms. The maximum Gasteiger partial charge on any atom is 0.266 e. The number of fused-ring (bicyclic) bond motifs is 2. The van der Waals surface area contributed by atoms with Crippen LogP contribution in [-0.2, 0) is 23.2 Å². The van der Waals surface area contributed by atoms with E-state index in [2.05, 4.69) is 26.5 Å². The molecule has 1 fully saturated rings. The molecule has 1 spiro atoms. The summed E-state index contributed by atoms with van der Waals surface area (Å²) in [6, 6.07) is 2.25. The van der Waals surface area contributed by atoms with Crippen LogP contribution in [0.3, 0.4) is 0 Å². The van der Waals surface area contributed by atoms with E-state index in [-0.39, 0.29) is 5.60 Å². The van der Waals surface area contributed by atoms with E-state index in [1.807, 2.05) is 18.3 Å². The summed E-state index contributed by atoms with van der Waals surface area (Å²) in [5.74, 6) is 1.43. The third-order valence-corrected chi connectivity index (χ3v) is 5.67. The van der Waals surface area contributed by atoms with Gasteiger partial charge in [0.05, 0.1) is 6.61 Å². The van der Waals surface area contributed by atoms with E-state index in [0.717, 1.165) is 51.3 Å². The van der Waals surface area contributed by atoms with E-state index in [1.165, 1.54) is 10.4 Å². The maximum atomic E-state index is 6.22. The number of rotatable bonds is 2. The highest BCUT2D eigenvalue weighted by atomic mass is 32.1. The first-order chi connectivity index (χ1) is 10.3. The van der Waals surface area contributed by atoms with Crippen molar-refractivity contribution in [3.8, 4) is 0 Å². The predicted molar refractivity (Wildman–Crippen MR) is 80.8 cm³/mol. The van der Waals surface area contributed by atoms with Crippen LogP contribution in [0.2, 0.25) is 0 Å². The molecule has 0 aliphatic carbocycles. The van der Waals surface area contributed by atoms with Gasteiger partial charge in [-0.05, 0) is 41.4 Å². The molecule has 0 radical (unpaired) electrons. The highest BCUT2D eigenvalue weighted by Gasteiger charge is 2.42. The lowest BCUT2D eigenvalue weighted by atomic mass is 9.85. The number of ether oxygens (including phenoxy) is 1. The van der Waals surface area contributed by atoms with Crippen LogP contribution in [0, 0.1) is 0 Å². The van der Waals surface area contributed by atoms with Gasteiger partial charge >= 0.3 is 0 Å². The predicted octanol–water partition coefficient (Wildman–Crippen LogP) is 2.76. The fourth-order valence-corrected chi connectivity index (χ4v) is 4.48. The molecule has 0 saturated carbocycles. The standard InChI is InChI=1S/C15H19N3O2S/c1-2-12-16-14(17-20-12)18-7-5-15(6-8-18)13-11(3-9-19-15)4-10-21-13/h4,10H,2-3,5-9H2,1H3. The molecule has 6 heteroatoms. The van der Waals surface area contributed by atoms with Crippen LogP contribution in [0.4, 0.5) is 5.95 Å². The van der Waals surface area contributed by atoms with E-state index in [4.69, 9.17) is 9.26 Å². The van der Waals surface area contributed by atoms with Gasteiger partial charge in [0.25, 0.3) is 5.95 Å². The number of thiophene rings is 1. The Balaban J connectivity index is 1.53. The second kappa shape index (κ2) is 5.10. The molecular weight excluding hydrogens is 286 g/mol. The van der Waals surface area contributed by atoms with E-state index in [0.29, 0.717) is 5.89 Å². The molecule has 0 amide bonds. The second-order valence-corrected chi connectivity index (χ2v) is 6.61. The third-order valence-electron chi connectivity index (χ3n) is 4.52. The Morgan fingerprint density at radius 3 is 3.00 bits per heavy atom. The normalized spacial score (nSPS) is 20.7. The summed E-state index contributed by atoms with van der Waals surface area (Å²) < 4.78 is 11.4. The Labute approximate surface area is 127 Å². The molecular formula is C15H19N3O2S. The largest absolute Gasteiger partial charge is 0.369 e. The molecule has 0 unspecified atom stereocenters. The number of anilines is 1. The van der Waals surface area contributed by atoms with Crippen molar-refractivity contribution in [1.82, 2.24) is 10.1 Å². The zero-order valence-electron chi connectivity index (χ0n) is 12.2. The van der Waals surface area contributed by atoms with Gasteiger partial charge in [0.15, 0.2) is 0 Å². The topological polar surface area (TPSA) is 51.4 Å². The molecule has 4 heterocycles. The SMILES string of the molecule is CCc1nc(N2CCC3(CC2)OCCc2ccsc23)no1. The van der Waals surface area contributed by atoms with E-state index in [9.17, 15) is 0 Å². The van der Waals surface area contributed by atoms with Crippen molar-refractivity contribution in [3.63, 3.8) is 0 Å². The van der Waals surface area contributed by atoms with Crippen LogP contribution in [0.25, 0.3) is 0 Å². The summed E-state index contributed by atoms with van der Waals surface area (Å²) in [6.45, 7) is 4.70. The van der Waals surface area contributed by atoms with Crippen molar-refractivity contribution in [2.45, 2.75) is 38.2 Å². The van der Waals surface area contributed by atoms with Crippen LogP contribution in [0.15, 0.2) is 16.0 Å². The maximum absolute atomic E-state index is 6.22. The minimum atomic E-state index is -0.0738. The van der Waals surface area contributed by atoms with E-state index < -0.39 is 0 Å². The van der Waals surface area contributed by atoms with Gasteiger partial charge in [-0.1, -0.05) is 6.92 Å². The average molecular weight is 305 g/mol. The molecule has 2 aromatic heterocycles. The highest BCUT2D eigenvalue weighted by molar-refractivity contribution is 7.10. The first-order valence-electron chi connectivity index (χ1n) is 7.59. The Bertz CT molecular complexity index is 628. The van der Waals surface area contributed by atoms with Gasteiger partial charge in [0, 0.05) is 24.4 Å². The fraction of sp³-hybridized carbons (Fsp3) is 0.600. The number of aromatic nitrogens is 2. The van der Waals surface area contributed by atoms with Crippen molar-refractivity contribution >= 4 is 17.3 Å². The highest BCUT2D eigenvalue weighted by Crippen LogP contribution is 2.44. The minimum absolute atomic E-state index is 0.0738. The van der Waals surface area contributed by atoms with E-state index >= 15 is 0 Å². The van der Waals surface area contributed by atoms with Crippen LogP contribution in [0.5, 0.6) is 0 Å². The molecule has 0 atom stereocenters. The first-order valence-corrected chi connectivity index (χ1v) is 8.47. The summed E-state index contributed by atoms with van der Waals surface area (Å²) in [4.78, 5) is 8.08. The molecule has 112 valence electrons. The Morgan fingerprint density at radius 1 is 1.38 bits per heavy atom. The van der Waals surface area contributed by atoms with E-state index in [1.54, 1.807) is 0 Å². The lowest BCUT2D eigenvalue weighted by Crippen LogP contribution is -2.46. The summed E-state index contributed by atoms with van der Waals surface area (Å²) in [7, 11) is 0. The Hall–Kier alpha value is -1.40. The molecule has 2 aromatic rings. The van der Waals surface area contributed by atoms with Crippen LogP contribution in [-0.4, -0.2) is 29.8 Å². The van der Waals surface area contributed by atoms with Gasteiger partial charge < -0.3 is 14.2 Å². The van der Waals surface area contributed by atoms with Crippen LogP contribution >= 0.6 is 11.3 Å². The van der Waals surface area contributed by atoms with Gasteiger partial charge in [-0.2, -0.15) is 4.98 Å². The van der Waals surface area contributed by atoms with Gasteiger partial charge in [0.1, 0.15) is 5.60 Å². The number of hydrogen-bond donors (Lipinski definition) is 0. The lowest BCUT2D eigenvalue weighted by Gasteiger charge is -2.43. The fourth-order valence-electron chi connectivity index (χ4n) is 3.31. The van der Waals surface area contributed by atoms with Crippen molar-refractivity contribution in [3.05, 3.63) is 27.8 Å². The van der Waals surface area contributed by atoms with Crippen LogP contribution < -0.4 is 4.90 Å². The molecule has 4 rings (SSSR count). The molecule has 5 nitrogen and oxygen atoms in total. The summed E-state index contributed by atoms with van der Waals surface area (Å²) in [6.07, 6.45) is 3.83. The monoisotopic (exact) mass is 305 g/mol. The van der Waals surface area contributed by atoms with Gasteiger partial charge in [-0.15, -0.1) is 11.3 Å². The van der Waals surface area contributed by atoms with Crippen molar-refractivity contribution < 1.29 is 9.26 Å². The van der Waals surface area contributed by atoms with Crippen molar-refractivity contribution in [1.29, 1.82) is 0 Å². The summed E-state index contributed by atoms with van der Waals surface area (Å²) in [5, 5.41) is 6.27. The third kappa shape index (κ3) is 2.17. The lowest BCUT2D eigenvalue weighted by molar-refractivity contribution is -0.0736. The van der Waals surface area contributed by atoms with Crippen molar-refractivity contribution in [2.75, 3.05) is 24.6 Å². The van der Waals surface area contributed by atoms with Gasteiger partial charge in [0.2, 0.25) is 5.89 Å². The summed E-state index contributed by atoms with van der Waals surface area (Å²) in [5.41, 5.74) is 1.41. The Kier molecular flexibility index (Phi) is 3.23.